The van der Waals surface area contributed by atoms with Crippen molar-refractivity contribution in [3.05, 3.63) is 84.1 Å². The summed E-state index contributed by atoms with van der Waals surface area (Å²) in [6, 6.07) is 14.4. The number of hydrazone groups is 1. The largest absolute Gasteiger partial charge is 0.457 e. The summed E-state index contributed by atoms with van der Waals surface area (Å²) in [6.07, 6.45) is 2.56. The van der Waals surface area contributed by atoms with Gasteiger partial charge < -0.3 is 14.5 Å². The number of ether oxygens (including phenoxy) is 1. The van der Waals surface area contributed by atoms with Gasteiger partial charge >= 0.3 is 17.8 Å². The fourth-order valence-electron chi connectivity index (χ4n) is 2.16. The maximum Gasteiger partial charge on any atom is 0.379 e. The molecule has 3 rings (SSSR count). The van der Waals surface area contributed by atoms with Crippen molar-refractivity contribution in [3.8, 4) is 5.75 Å². The predicted molar refractivity (Wildman–Crippen MR) is 101 cm³/mol. The number of benzene rings is 2. The number of carbonyl (C=O) groups is 3. The SMILES string of the molecule is O=C(N/N=C/c1ccccc1OC(=O)c1ccco1)C(=O)Nc1ccc(F)cc1. The Labute approximate surface area is 164 Å². The van der Waals surface area contributed by atoms with Crippen LogP contribution in [0, 0.1) is 5.82 Å². The molecule has 0 saturated carbocycles. The van der Waals surface area contributed by atoms with E-state index in [0.29, 0.717) is 5.56 Å². The molecular weight excluding hydrogens is 381 g/mol. The van der Waals surface area contributed by atoms with Gasteiger partial charge in [-0.05, 0) is 48.5 Å². The Morgan fingerprint density at radius 2 is 1.72 bits per heavy atom. The predicted octanol–water partition coefficient (Wildman–Crippen LogP) is 2.73. The number of esters is 1. The van der Waals surface area contributed by atoms with Gasteiger partial charge in [-0.3, -0.25) is 9.59 Å². The van der Waals surface area contributed by atoms with Crippen LogP contribution in [-0.4, -0.2) is 24.0 Å². The minimum Gasteiger partial charge on any atom is -0.457 e. The van der Waals surface area contributed by atoms with Crippen LogP contribution in [0.15, 0.2) is 76.4 Å². The van der Waals surface area contributed by atoms with Crippen LogP contribution in [0.5, 0.6) is 5.75 Å². The molecule has 0 spiro atoms. The fourth-order valence-corrected chi connectivity index (χ4v) is 2.16. The number of para-hydroxylation sites is 1. The van der Waals surface area contributed by atoms with Crippen molar-refractivity contribution in [2.24, 2.45) is 5.10 Å². The van der Waals surface area contributed by atoms with Crippen molar-refractivity contribution in [2.45, 2.75) is 0 Å². The topological polar surface area (TPSA) is 110 Å². The van der Waals surface area contributed by atoms with E-state index in [9.17, 15) is 18.8 Å². The van der Waals surface area contributed by atoms with Crippen LogP contribution in [0.1, 0.15) is 16.1 Å². The molecule has 146 valence electrons. The first kappa shape index (κ1) is 19.5. The third kappa shape index (κ3) is 5.36. The van der Waals surface area contributed by atoms with E-state index in [4.69, 9.17) is 9.15 Å². The molecule has 1 heterocycles. The second kappa shape index (κ2) is 9.09. The number of hydrogen-bond acceptors (Lipinski definition) is 6. The monoisotopic (exact) mass is 395 g/mol. The zero-order chi connectivity index (χ0) is 20.6. The first-order valence-electron chi connectivity index (χ1n) is 8.27. The van der Waals surface area contributed by atoms with Crippen molar-refractivity contribution >= 4 is 29.7 Å². The van der Waals surface area contributed by atoms with Crippen molar-refractivity contribution in [1.82, 2.24) is 5.43 Å². The quantitative estimate of drug-likeness (QED) is 0.227. The summed E-state index contributed by atoms with van der Waals surface area (Å²) in [5, 5.41) is 5.99. The first-order chi connectivity index (χ1) is 14.0. The molecule has 0 fully saturated rings. The zero-order valence-electron chi connectivity index (χ0n) is 14.8. The zero-order valence-corrected chi connectivity index (χ0v) is 14.8. The molecule has 9 heteroatoms. The molecule has 0 aliphatic rings. The molecule has 0 radical (unpaired) electrons. The molecule has 0 aliphatic carbocycles. The molecule has 2 amide bonds. The van der Waals surface area contributed by atoms with E-state index in [1.54, 1.807) is 24.3 Å². The number of nitrogens with one attached hydrogen (secondary N) is 2. The molecule has 8 nitrogen and oxygen atoms in total. The lowest BCUT2D eigenvalue weighted by Gasteiger charge is -2.06. The van der Waals surface area contributed by atoms with E-state index in [2.05, 4.69) is 15.8 Å². The molecule has 1 aromatic heterocycles. The number of rotatable bonds is 5. The second-order valence-corrected chi connectivity index (χ2v) is 5.56. The number of hydrogen-bond donors (Lipinski definition) is 2. The third-order valence-corrected chi connectivity index (χ3v) is 3.52. The lowest BCUT2D eigenvalue weighted by atomic mass is 10.2. The number of anilines is 1. The lowest BCUT2D eigenvalue weighted by Crippen LogP contribution is -2.32. The normalized spacial score (nSPS) is 10.5. The van der Waals surface area contributed by atoms with Gasteiger partial charge in [0.2, 0.25) is 5.76 Å². The average molecular weight is 395 g/mol. The highest BCUT2D eigenvalue weighted by Gasteiger charge is 2.14. The Morgan fingerprint density at radius 1 is 0.966 bits per heavy atom. The molecule has 3 aromatic rings. The van der Waals surface area contributed by atoms with Crippen LogP contribution in [0.2, 0.25) is 0 Å². The summed E-state index contributed by atoms with van der Waals surface area (Å²) in [6.45, 7) is 0. The Morgan fingerprint density at radius 3 is 2.45 bits per heavy atom. The van der Waals surface area contributed by atoms with Gasteiger partial charge in [-0.15, -0.1) is 0 Å². The molecule has 0 saturated heterocycles. The summed E-state index contributed by atoms with van der Waals surface area (Å²) in [7, 11) is 0. The van der Waals surface area contributed by atoms with Gasteiger partial charge in [0, 0.05) is 11.3 Å². The van der Waals surface area contributed by atoms with E-state index in [0.717, 1.165) is 12.1 Å². The molecule has 29 heavy (non-hydrogen) atoms. The summed E-state index contributed by atoms with van der Waals surface area (Å²) < 4.78 is 23.1. The van der Waals surface area contributed by atoms with Gasteiger partial charge in [-0.25, -0.2) is 14.6 Å². The number of nitrogens with zero attached hydrogens (tertiary/aromatic N) is 1. The lowest BCUT2D eigenvalue weighted by molar-refractivity contribution is -0.136. The van der Waals surface area contributed by atoms with Crippen molar-refractivity contribution in [3.63, 3.8) is 0 Å². The van der Waals surface area contributed by atoms with Crippen molar-refractivity contribution in [1.29, 1.82) is 0 Å². The van der Waals surface area contributed by atoms with Gasteiger partial charge in [0.15, 0.2) is 0 Å². The molecule has 0 aliphatic heterocycles. The molecule has 2 N–H and O–H groups in total. The first-order valence-corrected chi connectivity index (χ1v) is 8.27. The van der Waals surface area contributed by atoms with Crippen molar-refractivity contribution < 1.29 is 27.9 Å². The highest BCUT2D eigenvalue weighted by atomic mass is 19.1. The maximum absolute atomic E-state index is 12.9. The highest BCUT2D eigenvalue weighted by Crippen LogP contribution is 2.17. The van der Waals surface area contributed by atoms with Gasteiger partial charge in [-0.1, -0.05) is 12.1 Å². The Balaban J connectivity index is 1.59. The summed E-state index contributed by atoms with van der Waals surface area (Å²) in [5.74, 6) is -2.96. The maximum atomic E-state index is 12.9. The standard InChI is InChI=1S/C20H14FN3O5/c21-14-7-9-15(10-8-14)23-18(25)19(26)24-22-12-13-4-1-2-5-16(13)29-20(27)17-6-3-11-28-17/h1-12H,(H,23,25)(H,24,26)/b22-12+. The van der Waals surface area contributed by atoms with Crippen LogP contribution in [0.25, 0.3) is 0 Å². The third-order valence-electron chi connectivity index (χ3n) is 3.52. The van der Waals surface area contributed by atoms with Crippen LogP contribution < -0.4 is 15.5 Å². The number of halogens is 1. The van der Waals surface area contributed by atoms with Gasteiger partial charge in [0.1, 0.15) is 11.6 Å². The minimum atomic E-state index is -1.03. The van der Waals surface area contributed by atoms with Crippen LogP contribution in [-0.2, 0) is 9.59 Å². The Hall–Kier alpha value is -4.27. The smallest absolute Gasteiger partial charge is 0.379 e. The molecule has 0 unspecified atom stereocenters. The van der Waals surface area contributed by atoms with Crippen LogP contribution in [0.3, 0.4) is 0 Å². The van der Waals surface area contributed by atoms with Gasteiger partial charge in [0.25, 0.3) is 0 Å². The van der Waals surface area contributed by atoms with Crippen LogP contribution in [0.4, 0.5) is 10.1 Å². The number of amides is 2. The summed E-state index contributed by atoms with van der Waals surface area (Å²) in [5.41, 5.74) is 2.69. The Bertz CT molecular complexity index is 1050. The van der Waals surface area contributed by atoms with Gasteiger partial charge in [0.05, 0.1) is 12.5 Å². The molecule has 0 atom stereocenters. The summed E-state index contributed by atoms with van der Waals surface area (Å²) >= 11 is 0. The van der Waals surface area contributed by atoms with E-state index < -0.39 is 23.6 Å². The average Bonchev–Trinajstić information content (AvgIpc) is 3.26. The molecular formula is C20H14FN3O5. The molecule has 0 bridgehead atoms. The van der Waals surface area contributed by atoms with Crippen LogP contribution >= 0.6 is 0 Å². The second-order valence-electron chi connectivity index (χ2n) is 5.56. The minimum absolute atomic E-state index is 0.0301. The summed E-state index contributed by atoms with van der Waals surface area (Å²) in [4.78, 5) is 35.6. The van der Waals surface area contributed by atoms with E-state index >= 15 is 0 Å². The number of carbonyl (C=O) groups excluding carboxylic acids is 3. The van der Waals surface area contributed by atoms with E-state index in [-0.39, 0.29) is 17.2 Å². The Kier molecular flexibility index (Phi) is 6.11. The van der Waals surface area contributed by atoms with E-state index in [1.807, 2.05) is 0 Å². The highest BCUT2D eigenvalue weighted by molar-refractivity contribution is 6.39. The van der Waals surface area contributed by atoms with E-state index in [1.165, 1.54) is 36.7 Å². The van der Waals surface area contributed by atoms with Crippen molar-refractivity contribution in [2.75, 3.05) is 5.32 Å². The fraction of sp³-hybridized carbons (Fsp3) is 0. The van der Waals surface area contributed by atoms with Gasteiger partial charge in [-0.2, -0.15) is 5.10 Å². The molecule has 2 aromatic carbocycles. The number of furan rings is 1.